The first-order valence-corrected chi connectivity index (χ1v) is 6.41. The molecule has 0 aromatic heterocycles. The Bertz CT molecular complexity index is 680. The topological polar surface area (TPSA) is 78.9 Å². The lowest BCUT2D eigenvalue weighted by atomic mass is 10.1. The van der Waals surface area contributed by atoms with Crippen LogP contribution in [0.15, 0.2) is 48.5 Å². The minimum Gasteiger partial charge on any atom is -0.323 e. The van der Waals surface area contributed by atoms with Crippen LogP contribution in [0.4, 0.5) is 10.1 Å². The van der Waals surface area contributed by atoms with Gasteiger partial charge in [0.05, 0.1) is 11.7 Å². The van der Waals surface area contributed by atoms with E-state index in [1.807, 2.05) is 30.3 Å². The quantitative estimate of drug-likeness (QED) is 0.902. The Hall–Kier alpha value is -2.71. The van der Waals surface area contributed by atoms with Crippen molar-refractivity contribution in [1.82, 2.24) is 0 Å². The number of nitriles is 1. The van der Waals surface area contributed by atoms with E-state index in [1.54, 1.807) is 6.07 Å². The highest BCUT2D eigenvalue weighted by atomic mass is 19.1. The Kier molecular flexibility index (Phi) is 4.64. The summed E-state index contributed by atoms with van der Waals surface area (Å²) in [6.07, 6.45) is 0.365. The van der Waals surface area contributed by atoms with Crippen LogP contribution >= 0.6 is 0 Å². The molecule has 2 aromatic rings. The summed E-state index contributed by atoms with van der Waals surface area (Å²) in [6.45, 7) is 0. The van der Waals surface area contributed by atoms with Gasteiger partial charge in [0, 0.05) is 0 Å². The lowest BCUT2D eigenvalue weighted by molar-refractivity contribution is -0.117. The van der Waals surface area contributed by atoms with Crippen LogP contribution in [0.3, 0.4) is 0 Å². The summed E-state index contributed by atoms with van der Waals surface area (Å²) in [5.74, 6) is -1.13. The Labute approximate surface area is 122 Å². The molecule has 0 spiro atoms. The Balaban J connectivity index is 2.08. The first kappa shape index (κ1) is 14.7. The van der Waals surface area contributed by atoms with E-state index in [9.17, 15) is 9.18 Å². The monoisotopic (exact) mass is 283 g/mol. The van der Waals surface area contributed by atoms with Gasteiger partial charge in [-0.15, -0.1) is 0 Å². The molecule has 1 amide bonds. The molecule has 4 nitrogen and oxygen atoms in total. The Morgan fingerprint density at radius 1 is 1.24 bits per heavy atom. The number of carbonyl (C=O) groups is 1. The SMILES string of the molecule is N#Cc1c(F)cccc1NC(=O)[C@H](N)Cc1ccccc1. The van der Waals surface area contributed by atoms with Gasteiger partial charge in [-0.25, -0.2) is 4.39 Å². The molecule has 1 atom stereocenters. The fourth-order valence-corrected chi connectivity index (χ4v) is 1.93. The Morgan fingerprint density at radius 2 is 1.95 bits per heavy atom. The summed E-state index contributed by atoms with van der Waals surface area (Å²) in [5, 5.41) is 11.4. The van der Waals surface area contributed by atoms with Crippen LogP contribution < -0.4 is 11.1 Å². The molecule has 2 aromatic carbocycles. The molecule has 0 heterocycles. The van der Waals surface area contributed by atoms with Crippen molar-refractivity contribution < 1.29 is 9.18 Å². The lowest BCUT2D eigenvalue weighted by Crippen LogP contribution is -2.37. The second-order valence-corrected chi connectivity index (χ2v) is 4.56. The van der Waals surface area contributed by atoms with Gasteiger partial charge in [0.2, 0.25) is 5.91 Å². The van der Waals surface area contributed by atoms with E-state index < -0.39 is 17.8 Å². The van der Waals surface area contributed by atoms with E-state index >= 15 is 0 Å². The zero-order valence-corrected chi connectivity index (χ0v) is 11.2. The molecule has 0 fully saturated rings. The van der Waals surface area contributed by atoms with Crippen LogP contribution in [0, 0.1) is 17.1 Å². The van der Waals surface area contributed by atoms with Gasteiger partial charge in [-0.3, -0.25) is 4.79 Å². The number of halogens is 1. The summed E-state index contributed by atoms with van der Waals surface area (Å²) < 4.78 is 13.4. The maximum absolute atomic E-state index is 13.4. The van der Waals surface area contributed by atoms with Crippen LogP contribution in [-0.4, -0.2) is 11.9 Å². The van der Waals surface area contributed by atoms with Crippen molar-refractivity contribution in [3.63, 3.8) is 0 Å². The smallest absolute Gasteiger partial charge is 0.241 e. The van der Waals surface area contributed by atoms with Crippen LogP contribution in [0.5, 0.6) is 0 Å². The number of nitrogens with one attached hydrogen (secondary N) is 1. The van der Waals surface area contributed by atoms with Gasteiger partial charge in [-0.2, -0.15) is 5.26 Å². The molecule has 3 N–H and O–H groups in total. The molecule has 106 valence electrons. The minimum atomic E-state index is -0.776. The van der Waals surface area contributed by atoms with Crippen molar-refractivity contribution in [3.8, 4) is 6.07 Å². The van der Waals surface area contributed by atoms with Gasteiger partial charge in [0.15, 0.2) is 0 Å². The summed E-state index contributed by atoms with van der Waals surface area (Å²) in [7, 11) is 0. The predicted molar refractivity (Wildman–Crippen MR) is 77.9 cm³/mol. The summed E-state index contributed by atoms with van der Waals surface area (Å²) in [5.41, 5.74) is 6.70. The number of carbonyl (C=O) groups excluding carboxylic acids is 1. The number of hydrogen-bond donors (Lipinski definition) is 2. The molecule has 2 rings (SSSR count). The number of nitrogens with zero attached hydrogens (tertiary/aromatic N) is 1. The van der Waals surface area contributed by atoms with Crippen LogP contribution in [0.2, 0.25) is 0 Å². The normalized spacial score (nSPS) is 11.5. The van der Waals surface area contributed by atoms with Gasteiger partial charge < -0.3 is 11.1 Å². The number of hydrogen-bond acceptors (Lipinski definition) is 3. The van der Waals surface area contributed by atoms with E-state index in [0.29, 0.717) is 6.42 Å². The molecule has 5 heteroatoms. The standard InChI is InChI=1S/C16H14FN3O/c17-13-7-4-8-15(12(13)10-18)20-16(21)14(19)9-11-5-2-1-3-6-11/h1-8,14H,9,19H2,(H,20,21)/t14-/m1/s1. The van der Waals surface area contributed by atoms with Crippen LogP contribution in [0.25, 0.3) is 0 Å². The number of anilines is 1. The third-order valence-electron chi connectivity index (χ3n) is 3.02. The predicted octanol–water partition coefficient (Wildman–Crippen LogP) is 2.21. The zero-order valence-electron chi connectivity index (χ0n) is 11.2. The van der Waals surface area contributed by atoms with Gasteiger partial charge >= 0.3 is 0 Å². The largest absolute Gasteiger partial charge is 0.323 e. The van der Waals surface area contributed by atoms with E-state index in [2.05, 4.69) is 5.32 Å². The van der Waals surface area contributed by atoms with E-state index in [4.69, 9.17) is 11.0 Å². The summed E-state index contributed by atoms with van der Waals surface area (Å²) in [4.78, 5) is 12.0. The third kappa shape index (κ3) is 3.65. The third-order valence-corrected chi connectivity index (χ3v) is 3.02. The molecule has 0 unspecified atom stereocenters. The number of amides is 1. The molecule has 0 aliphatic heterocycles. The van der Waals surface area contributed by atoms with E-state index in [0.717, 1.165) is 11.6 Å². The van der Waals surface area contributed by atoms with Crippen molar-refractivity contribution in [1.29, 1.82) is 5.26 Å². The lowest BCUT2D eigenvalue weighted by Gasteiger charge is -2.13. The maximum atomic E-state index is 13.4. The highest BCUT2D eigenvalue weighted by Gasteiger charge is 2.17. The summed E-state index contributed by atoms with van der Waals surface area (Å²) in [6, 6.07) is 14.3. The van der Waals surface area contributed by atoms with Crippen LogP contribution in [0.1, 0.15) is 11.1 Å². The van der Waals surface area contributed by atoms with E-state index in [1.165, 1.54) is 12.1 Å². The molecule has 0 aliphatic carbocycles. The number of nitrogens with two attached hydrogens (primary N) is 1. The first-order valence-electron chi connectivity index (χ1n) is 6.41. The number of benzene rings is 2. The second-order valence-electron chi connectivity index (χ2n) is 4.56. The van der Waals surface area contributed by atoms with Crippen molar-refractivity contribution in [3.05, 3.63) is 65.5 Å². The van der Waals surface area contributed by atoms with Gasteiger partial charge in [0.25, 0.3) is 0 Å². The van der Waals surface area contributed by atoms with Crippen molar-refractivity contribution in [2.24, 2.45) is 5.73 Å². The van der Waals surface area contributed by atoms with Crippen molar-refractivity contribution in [2.75, 3.05) is 5.32 Å². The van der Waals surface area contributed by atoms with Gasteiger partial charge in [0.1, 0.15) is 17.4 Å². The van der Waals surface area contributed by atoms with Crippen LogP contribution in [-0.2, 0) is 11.2 Å². The molecule has 0 saturated carbocycles. The molecule has 0 aliphatic rings. The van der Waals surface area contributed by atoms with Gasteiger partial charge in [-0.1, -0.05) is 36.4 Å². The molecule has 0 saturated heterocycles. The first-order chi connectivity index (χ1) is 10.1. The molecule has 21 heavy (non-hydrogen) atoms. The van der Waals surface area contributed by atoms with Crippen molar-refractivity contribution >= 4 is 11.6 Å². The fourth-order valence-electron chi connectivity index (χ4n) is 1.93. The zero-order chi connectivity index (χ0) is 15.2. The van der Waals surface area contributed by atoms with Crippen molar-refractivity contribution in [2.45, 2.75) is 12.5 Å². The minimum absolute atomic E-state index is 0.131. The van der Waals surface area contributed by atoms with E-state index in [-0.39, 0.29) is 11.3 Å². The van der Waals surface area contributed by atoms with Gasteiger partial charge in [-0.05, 0) is 24.1 Å². The maximum Gasteiger partial charge on any atom is 0.241 e. The molecule has 0 bridgehead atoms. The molecule has 0 radical (unpaired) electrons. The molecular weight excluding hydrogens is 269 g/mol. The highest BCUT2D eigenvalue weighted by molar-refractivity contribution is 5.96. The molecular formula is C16H14FN3O. The summed E-state index contributed by atoms with van der Waals surface area (Å²) >= 11 is 0. The second kappa shape index (κ2) is 6.64. The fraction of sp³-hybridized carbons (Fsp3) is 0.125. The number of rotatable bonds is 4. The Morgan fingerprint density at radius 3 is 2.62 bits per heavy atom. The average molecular weight is 283 g/mol. The average Bonchev–Trinajstić information content (AvgIpc) is 2.48. The highest BCUT2D eigenvalue weighted by Crippen LogP contribution is 2.18.